The van der Waals surface area contributed by atoms with Crippen LogP contribution in [0.5, 0.6) is 0 Å². The number of benzene rings is 2. The van der Waals surface area contributed by atoms with Crippen LogP contribution in [-0.2, 0) is 0 Å². The van der Waals surface area contributed by atoms with Crippen LogP contribution in [0.25, 0.3) is 5.69 Å². The lowest BCUT2D eigenvalue weighted by atomic mass is 10.2. The molecule has 0 N–H and O–H groups in total. The maximum absolute atomic E-state index is 4.68. The summed E-state index contributed by atoms with van der Waals surface area (Å²) in [7, 11) is 0. The van der Waals surface area contributed by atoms with Gasteiger partial charge in [0.25, 0.3) is 0 Å². The van der Waals surface area contributed by atoms with Gasteiger partial charge in [-0.2, -0.15) is 0 Å². The van der Waals surface area contributed by atoms with Gasteiger partial charge in [0.2, 0.25) is 0 Å². The van der Waals surface area contributed by atoms with E-state index in [2.05, 4.69) is 101 Å². The summed E-state index contributed by atoms with van der Waals surface area (Å²) in [6.07, 6.45) is 1.97. The number of nitrogens with zero attached hydrogens (tertiary/aromatic N) is 2. The Balaban J connectivity index is 1.97. The molecule has 1 heterocycles. The highest BCUT2D eigenvalue weighted by Gasteiger charge is 2.09. The summed E-state index contributed by atoms with van der Waals surface area (Å²) in [5.74, 6) is 0. The van der Waals surface area contributed by atoms with Gasteiger partial charge in [-0.1, -0.05) is 18.2 Å². The summed E-state index contributed by atoms with van der Waals surface area (Å²) in [4.78, 5) is 4.68. The highest BCUT2D eigenvalue weighted by Crippen LogP contribution is 2.23. The summed E-state index contributed by atoms with van der Waals surface area (Å²) in [5.41, 5.74) is 6.99. The van der Waals surface area contributed by atoms with Crippen LogP contribution in [0.4, 0.5) is 5.69 Å². The molecule has 2 aromatic carbocycles. The average molecular weight is 414 g/mol. The van der Waals surface area contributed by atoms with Crippen LogP contribution in [0.1, 0.15) is 22.5 Å². The highest BCUT2D eigenvalue weighted by atomic mass is 127. The SMILES string of the molecule is Cc1cc(I)ccc1N=Cc1cc(C)n(-c2ccccc2)c1C. The molecule has 0 radical (unpaired) electrons. The van der Waals surface area contributed by atoms with E-state index in [1.54, 1.807) is 0 Å². The molecule has 0 saturated carbocycles. The Labute approximate surface area is 151 Å². The van der Waals surface area contributed by atoms with E-state index < -0.39 is 0 Å². The second-order valence-electron chi connectivity index (χ2n) is 5.69. The van der Waals surface area contributed by atoms with Gasteiger partial charge >= 0.3 is 0 Å². The van der Waals surface area contributed by atoms with Gasteiger partial charge in [-0.05, 0) is 85.3 Å². The molecule has 3 heteroatoms. The van der Waals surface area contributed by atoms with Gasteiger partial charge in [-0.15, -0.1) is 0 Å². The van der Waals surface area contributed by atoms with Crippen LogP contribution in [0.3, 0.4) is 0 Å². The lowest BCUT2D eigenvalue weighted by molar-refractivity contribution is 0.965. The van der Waals surface area contributed by atoms with Crippen molar-refractivity contribution in [3.63, 3.8) is 0 Å². The van der Waals surface area contributed by atoms with E-state index in [0.29, 0.717) is 0 Å². The number of aryl methyl sites for hydroxylation is 2. The molecule has 0 fully saturated rings. The predicted octanol–water partition coefficient (Wildman–Crippen LogP) is 5.76. The summed E-state index contributed by atoms with van der Waals surface area (Å²) >= 11 is 2.33. The fraction of sp³-hybridized carbons (Fsp3) is 0.150. The molecule has 23 heavy (non-hydrogen) atoms. The number of aromatic nitrogens is 1. The first-order chi connectivity index (χ1) is 11.1. The first-order valence-corrected chi connectivity index (χ1v) is 8.69. The molecule has 0 bridgehead atoms. The van der Waals surface area contributed by atoms with Crippen LogP contribution >= 0.6 is 22.6 Å². The minimum absolute atomic E-state index is 1.02. The van der Waals surface area contributed by atoms with Crippen molar-refractivity contribution in [3.8, 4) is 5.69 Å². The van der Waals surface area contributed by atoms with Gasteiger partial charge in [-0.25, -0.2) is 0 Å². The molecule has 1 aromatic heterocycles. The molecule has 2 nitrogen and oxygen atoms in total. The predicted molar refractivity (Wildman–Crippen MR) is 106 cm³/mol. The molecule has 0 atom stereocenters. The van der Waals surface area contributed by atoms with E-state index >= 15 is 0 Å². The number of hydrogen-bond donors (Lipinski definition) is 0. The zero-order chi connectivity index (χ0) is 16.4. The van der Waals surface area contributed by atoms with Gasteiger partial charge in [0, 0.05) is 32.4 Å². The van der Waals surface area contributed by atoms with Crippen molar-refractivity contribution in [2.24, 2.45) is 4.99 Å². The number of para-hydroxylation sites is 1. The minimum Gasteiger partial charge on any atom is -0.318 e. The van der Waals surface area contributed by atoms with Crippen LogP contribution in [-0.4, -0.2) is 10.8 Å². The van der Waals surface area contributed by atoms with Gasteiger partial charge in [0.15, 0.2) is 0 Å². The Bertz CT molecular complexity index is 861. The Hall–Kier alpha value is -1.88. The van der Waals surface area contributed by atoms with Gasteiger partial charge in [0.1, 0.15) is 0 Å². The summed E-state index contributed by atoms with van der Waals surface area (Å²) < 4.78 is 3.50. The molecule has 0 aliphatic rings. The third kappa shape index (κ3) is 3.39. The second kappa shape index (κ2) is 6.71. The average Bonchev–Trinajstić information content (AvgIpc) is 2.81. The van der Waals surface area contributed by atoms with Crippen molar-refractivity contribution in [2.75, 3.05) is 0 Å². The third-order valence-corrected chi connectivity index (χ3v) is 4.66. The van der Waals surface area contributed by atoms with Gasteiger partial charge in [-0.3, -0.25) is 4.99 Å². The molecule has 0 spiro atoms. The first kappa shape index (κ1) is 16.0. The fourth-order valence-electron chi connectivity index (χ4n) is 2.80. The molecule has 0 saturated heterocycles. The summed E-state index contributed by atoms with van der Waals surface area (Å²) in [6, 6.07) is 18.9. The van der Waals surface area contributed by atoms with Gasteiger partial charge < -0.3 is 4.57 Å². The Kier molecular flexibility index (Phi) is 4.66. The summed E-state index contributed by atoms with van der Waals surface area (Å²) in [5, 5.41) is 0. The zero-order valence-electron chi connectivity index (χ0n) is 13.5. The van der Waals surface area contributed by atoms with Crippen molar-refractivity contribution in [1.29, 1.82) is 0 Å². The second-order valence-corrected chi connectivity index (χ2v) is 6.93. The molecule has 116 valence electrons. The first-order valence-electron chi connectivity index (χ1n) is 7.61. The minimum atomic E-state index is 1.02. The lowest BCUT2D eigenvalue weighted by Gasteiger charge is -2.09. The van der Waals surface area contributed by atoms with Crippen molar-refractivity contribution in [1.82, 2.24) is 4.57 Å². The normalized spacial score (nSPS) is 11.3. The highest BCUT2D eigenvalue weighted by molar-refractivity contribution is 14.1. The quantitative estimate of drug-likeness (QED) is 0.383. The smallest absolute Gasteiger partial charge is 0.0659 e. The number of halogens is 1. The third-order valence-electron chi connectivity index (χ3n) is 3.99. The van der Waals surface area contributed by atoms with E-state index in [1.165, 1.54) is 26.2 Å². The lowest BCUT2D eigenvalue weighted by Crippen LogP contribution is -1.99. The Morgan fingerprint density at radius 1 is 0.957 bits per heavy atom. The van der Waals surface area contributed by atoms with E-state index in [9.17, 15) is 0 Å². The zero-order valence-corrected chi connectivity index (χ0v) is 15.7. The van der Waals surface area contributed by atoms with Crippen LogP contribution in [0.15, 0.2) is 59.6 Å². The van der Waals surface area contributed by atoms with Crippen LogP contribution in [0.2, 0.25) is 0 Å². The van der Waals surface area contributed by atoms with E-state index in [0.717, 1.165) is 11.3 Å². The van der Waals surface area contributed by atoms with Crippen molar-refractivity contribution in [2.45, 2.75) is 20.8 Å². The maximum atomic E-state index is 4.68. The monoisotopic (exact) mass is 414 g/mol. The number of rotatable bonds is 3. The molecule has 0 aliphatic carbocycles. The maximum Gasteiger partial charge on any atom is 0.0659 e. The van der Waals surface area contributed by atoms with Crippen molar-refractivity contribution < 1.29 is 0 Å². The number of aliphatic imine (C=N–C) groups is 1. The summed E-state index contributed by atoms with van der Waals surface area (Å²) in [6.45, 7) is 6.37. The van der Waals surface area contributed by atoms with E-state index in [4.69, 9.17) is 0 Å². The molecular formula is C20H19IN2. The topological polar surface area (TPSA) is 17.3 Å². The Morgan fingerprint density at radius 2 is 1.70 bits per heavy atom. The fourth-order valence-corrected chi connectivity index (χ4v) is 3.44. The van der Waals surface area contributed by atoms with E-state index in [-0.39, 0.29) is 0 Å². The van der Waals surface area contributed by atoms with Crippen molar-refractivity contribution >= 4 is 34.5 Å². The van der Waals surface area contributed by atoms with Crippen LogP contribution in [0, 0.1) is 24.3 Å². The van der Waals surface area contributed by atoms with Gasteiger partial charge in [0.05, 0.1) is 5.69 Å². The Morgan fingerprint density at radius 3 is 2.39 bits per heavy atom. The largest absolute Gasteiger partial charge is 0.318 e. The van der Waals surface area contributed by atoms with E-state index in [1.807, 2.05) is 12.3 Å². The molecule has 0 unspecified atom stereocenters. The molecule has 0 amide bonds. The van der Waals surface area contributed by atoms with Crippen LogP contribution < -0.4 is 0 Å². The molecule has 3 rings (SSSR count). The standard InChI is InChI=1S/C20H19IN2/c1-14-11-18(21)9-10-20(14)22-13-17-12-15(2)23(16(17)3)19-7-5-4-6-8-19/h4-13H,1-3H3. The number of hydrogen-bond acceptors (Lipinski definition) is 1. The van der Waals surface area contributed by atoms with Crippen molar-refractivity contribution in [3.05, 3.63) is 80.7 Å². The molecule has 3 aromatic rings. The molecular weight excluding hydrogens is 395 g/mol. The molecule has 0 aliphatic heterocycles.